The number of pyridine rings is 1. The second-order valence-electron chi connectivity index (χ2n) is 10.4. The number of nitrogens with zero attached hydrogens (tertiary/aromatic N) is 3. The minimum atomic E-state index is -3.58. The lowest BCUT2D eigenvalue weighted by molar-refractivity contribution is -0.126. The van der Waals surface area contributed by atoms with E-state index in [2.05, 4.69) is 28.9 Å². The number of likely N-dealkylation sites (tertiary alicyclic amines) is 1. The lowest BCUT2D eigenvalue weighted by Crippen LogP contribution is -2.60. The van der Waals surface area contributed by atoms with Gasteiger partial charge in [-0.3, -0.25) is 9.59 Å². The Bertz CT molecular complexity index is 1120. The molecule has 10 heteroatoms. The number of piperidine rings is 1. The molecule has 33 heavy (non-hydrogen) atoms. The van der Waals surface area contributed by atoms with Crippen molar-refractivity contribution in [3.8, 4) is 0 Å². The number of aromatic nitrogens is 2. The highest BCUT2D eigenvalue weighted by molar-refractivity contribution is 7.88. The van der Waals surface area contributed by atoms with E-state index in [9.17, 15) is 18.0 Å². The summed E-state index contributed by atoms with van der Waals surface area (Å²) in [5.74, 6) is -0.0238. The Hall–Kier alpha value is -2.46. The number of fused-ring (bicyclic) bond motifs is 1. The summed E-state index contributed by atoms with van der Waals surface area (Å²) in [6.07, 6.45) is 6.96. The standard InChI is InChI=1S/C23H35N5O4S/c1-15(2)16-9-11-27(22(30)17-8-7-10-28-14-24-12-19(17)28)13-18(16)25-21(29)20(23(3,4)5)26-33(6,31)32/h7-8,10,12,14-16,18,20,26H,9,11,13H2,1-6H3,(H,25,29)/t16-,18+,20+/m0/s1. The molecule has 2 aromatic rings. The molecule has 0 aromatic carbocycles. The molecule has 3 heterocycles. The fourth-order valence-electron chi connectivity index (χ4n) is 4.51. The molecule has 0 saturated carbocycles. The Morgan fingerprint density at radius 2 is 1.94 bits per heavy atom. The maximum Gasteiger partial charge on any atom is 0.256 e. The summed E-state index contributed by atoms with van der Waals surface area (Å²) in [5.41, 5.74) is 0.677. The second-order valence-corrected chi connectivity index (χ2v) is 12.1. The van der Waals surface area contributed by atoms with Crippen molar-refractivity contribution >= 4 is 27.4 Å². The highest BCUT2D eigenvalue weighted by atomic mass is 32.2. The maximum absolute atomic E-state index is 13.4. The third-order valence-corrected chi connectivity index (χ3v) is 6.94. The summed E-state index contributed by atoms with van der Waals surface area (Å²) in [4.78, 5) is 32.5. The van der Waals surface area contributed by atoms with Crippen LogP contribution in [0.4, 0.5) is 0 Å². The molecule has 0 aliphatic carbocycles. The fraction of sp³-hybridized carbons (Fsp3) is 0.609. The molecule has 2 amide bonds. The number of hydrogen-bond acceptors (Lipinski definition) is 5. The van der Waals surface area contributed by atoms with E-state index in [1.54, 1.807) is 27.9 Å². The molecule has 1 aliphatic rings. The average molecular weight is 478 g/mol. The van der Waals surface area contributed by atoms with Crippen LogP contribution in [0.5, 0.6) is 0 Å². The predicted molar refractivity (Wildman–Crippen MR) is 127 cm³/mol. The van der Waals surface area contributed by atoms with E-state index in [1.165, 1.54) is 0 Å². The minimum absolute atomic E-state index is 0.107. The zero-order valence-corrected chi connectivity index (χ0v) is 21.0. The molecule has 2 aromatic heterocycles. The molecule has 1 fully saturated rings. The van der Waals surface area contributed by atoms with E-state index >= 15 is 0 Å². The van der Waals surface area contributed by atoms with E-state index in [0.717, 1.165) is 18.2 Å². The lowest BCUT2D eigenvalue weighted by Gasteiger charge is -2.42. The molecule has 0 spiro atoms. The first-order valence-electron chi connectivity index (χ1n) is 11.3. The molecule has 182 valence electrons. The Labute approximate surface area is 196 Å². The lowest BCUT2D eigenvalue weighted by atomic mass is 9.81. The van der Waals surface area contributed by atoms with Crippen LogP contribution in [0.15, 0.2) is 30.9 Å². The molecular formula is C23H35N5O4S. The van der Waals surface area contributed by atoms with Crippen molar-refractivity contribution in [3.05, 3.63) is 36.4 Å². The first-order valence-corrected chi connectivity index (χ1v) is 13.1. The Morgan fingerprint density at radius 3 is 2.55 bits per heavy atom. The molecular weight excluding hydrogens is 442 g/mol. The van der Waals surface area contributed by atoms with Crippen LogP contribution in [-0.4, -0.2) is 65.9 Å². The SMILES string of the molecule is CC(C)[C@@H]1CCN(C(=O)c2cccn3cncc23)C[C@H]1NC(=O)[C@@H](NS(C)(=O)=O)C(C)(C)C. The maximum atomic E-state index is 13.4. The smallest absolute Gasteiger partial charge is 0.256 e. The van der Waals surface area contributed by atoms with Crippen LogP contribution in [0, 0.1) is 17.3 Å². The van der Waals surface area contributed by atoms with Gasteiger partial charge in [-0.2, -0.15) is 0 Å². The quantitative estimate of drug-likeness (QED) is 0.660. The van der Waals surface area contributed by atoms with Gasteiger partial charge in [-0.05, 0) is 35.8 Å². The van der Waals surface area contributed by atoms with Gasteiger partial charge in [0.25, 0.3) is 5.91 Å². The molecule has 3 rings (SSSR count). The fourth-order valence-corrected chi connectivity index (χ4v) is 5.40. The van der Waals surface area contributed by atoms with Gasteiger partial charge < -0.3 is 14.6 Å². The molecule has 3 atom stereocenters. The van der Waals surface area contributed by atoms with Crippen molar-refractivity contribution < 1.29 is 18.0 Å². The molecule has 0 radical (unpaired) electrons. The van der Waals surface area contributed by atoms with Gasteiger partial charge in [0, 0.05) is 25.3 Å². The molecule has 9 nitrogen and oxygen atoms in total. The van der Waals surface area contributed by atoms with E-state index in [1.807, 2.05) is 33.0 Å². The van der Waals surface area contributed by atoms with Crippen LogP contribution in [0.3, 0.4) is 0 Å². The zero-order chi connectivity index (χ0) is 24.6. The molecule has 1 saturated heterocycles. The van der Waals surface area contributed by atoms with Gasteiger partial charge in [-0.15, -0.1) is 0 Å². The molecule has 1 aliphatic heterocycles. The number of imidazole rings is 1. The van der Waals surface area contributed by atoms with E-state index in [-0.39, 0.29) is 23.8 Å². The van der Waals surface area contributed by atoms with Gasteiger partial charge in [-0.25, -0.2) is 18.1 Å². The van der Waals surface area contributed by atoms with Crippen LogP contribution in [-0.2, 0) is 14.8 Å². The summed E-state index contributed by atoms with van der Waals surface area (Å²) in [5, 5.41) is 3.07. The van der Waals surface area contributed by atoms with Crippen molar-refractivity contribution in [2.45, 2.75) is 53.1 Å². The van der Waals surface area contributed by atoms with Crippen LogP contribution < -0.4 is 10.0 Å². The largest absolute Gasteiger partial charge is 0.350 e. The van der Waals surface area contributed by atoms with Crippen LogP contribution in [0.1, 0.15) is 51.4 Å². The Kier molecular flexibility index (Phi) is 7.18. The number of nitrogens with one attached hydrogen (secondary N) is 2. The van der Waals surface area contributed by atoms with Gasteiger partial charge in [0.05, 0.1) is 29.9 Å². The molecule has 2 N–H and O–H groups in total. The van der Waals surface area contributed by atoms with Crippen LogP contribution >= 0.6 is 0 Å². The molecule has 0 bridgehead atoms. The van der Waals surface area contributed by atoms with Crippen molar-refractivity contribution in [1.82, 2.24) is 24.3 Å². The van der Waals surface area contributed by atoms with Crippen molar-refractivity contribution in [1.29, 1.82) is 0 Å². The Balaban J connectivity index is 1.83. The number of carbonyl (C=O) groups excluding carboxylic acids is 2. The predicted octanol–water partition coefficient (Wildman–Crippen LogP) is 1.90. The highest BCUT2D eigenvalue weighted by Crippen LogP contribution is 2.28. The number of carbonyl (C=O) groups is 2. The average Bonchev–Trinajstić information content (AvgIpc) is 3.18. The van der Waals surface area contributed by atoms with E-state index in [0.29, 0.717) is 24.6 Å². The number of rotatable bonds is 6. The minimum Gasteiger partial charge on any atom is -0.350 e. The number of sulfonamides is 1. The van der Waals surface area contributed by atoms with Gasteiger partial charge in [0.1, 0.15) is 6.04 Å². The first-order chi connectivity index (χ1) is 15.3. The topological polar surface area (TPSA) is 113 Å². The van der Waals surface area contributed by atoms with Crippen molar-refractivity contribution in [2.24, 2.45) is 17.3 Å². The van der Waals surface area contributed by atoms with Gasteiger partial charge in [0.2, 0.25) is 15.9 Å². The third kappa shape index (κ3) is 5.92. The summed E-state index contributed by atoms with van der Waals surface area (Å²) in [6, 6.07) is 2.39. The summed E-state index contributed by atoms with van der Waals surface area (Å²) < 4.78 is 28.1. The summed E-state index contributed by atoms with van der Waals surface area (Å²) in [7, 11) is -3.58. The number of amides is 2. The van der Waals surface area contributed by atoms with Crippen LogP contribution in [0.25, 0.3) is 5.52 Å². The van der Waals surface area contributed by atoms with Gasteiger partial charge in [0.15, 0.2) is 0 Å². The van der Waals surface area contributed by atoms with Crippen molar-refractivity contribution in [3.63, 3.8) is 0 Å². The van der Waals surface area contributed by atoms with Crippen LogP contribution in [0.2, 0.25) is 0 Å². The van der Waals surface area contributed by atoms with Gasteiger partial charge >= 0.3 is 0 Å². The van der Waals surface area contributed by atoms with E-state index < -0.39 is 21.5 Å². The van der Waals surface area contributed by atoms with E-state index in [4.69, 9.17) is 0 Å². The third-order valence-electron chi connectivity index (χ3n) is 6.28. The van der Waals surface area contributed by atoms with Crippen molar-refractivity contribution in [2.75, 3.05) is 19.3 Å². The second kappa shape index (κ2) is 9.42. The highest BCUT2D eigenvalue weighted by Gasteiger charge is 2.39. The molecule has 0 unspecified atom stereocenters. The normalized spacial score (nSPS) is 20.8. The Morgan fingerprint density at radius 1 is 1.24 bits per heavy atom. The summed E-state index contributed by atoms with van der Waals surface area (Å²) in [6.45, 7) is 10.6. The summed E-state index contributed by atoms with van der Waals surface area (Å²) >= 11 is 0. The van der Waals surface area contributed by atoms with Gasteiger partial charge in [-0.1, -0.05) is 34.6 Å². The zero-order valence-electron chi connectivity index (χ0n) is 20.2. The number of hydrogen-bond donors (Lipinski definition) is 2. The first kappa shape index (κ1) is 25.2. The monoisotopic (exact) mass is 477 g/mol.